The van der Waals surface area contributed by atoms with Gasteiger partial charge < -0.3 is 19.5 Å². The number of rotatable bonds is 4. The molecule has 1 N–H and O–H groups in total. The quantitative estimate of drug-likeness (QED) is 0.819. The first-order valence-electron chi connectivity index (χ1n) is 11.6. The standard InChI is InChI=1S/C24H34N2O4/c27-23(28)26-16-24(17-26)14-21(15-30-24)25-9-5-19(6-10-25)22-4-2-1-3-20(22)13-18-7-11-29-12-8-18/h1-4,18-19,21H,5-17H2,(H,27,28). The first-order valence-corrected chi connectivity index (χ1v) is 11.6. The van der Waals surface area contributed by atoms with Gasteiger partial charge in [-0.1, -0.05) is 24.3 Å². The van der Waals surface area contributed by atoms with Crippen LogP contribution in [-0.4, -0.2) is 78.6 Å². The van der Waals surface area contributed by atoms with Crippen LogP contribution in [0.25, 0.3) is 0 Å². The summed E-state index contributed by atoms with van der Waals surface area (Å²) in [5, 5.41) is 9.11. The van der Waals surface area contributed by atoms with Crippen LogP contribution in [0, 0.1) is 5.92 Å². The largest absolute Gasteiger partial charge is 0.465 e. The highest BCUT2D eigenvalue weighted by molar-refractivity contribution is 5.66. The molecule has 4 fully saturated rings. The Labute approximate surface area is 179 Å². The summed E-state index contributed by atoms with van der Waals surface area (Å²) in [6, 6.07) is 9.55. The van der Waals surface area contributed by atoms with E-state index in [0.29, 0.717) is 25.0 Å². The van der Waals surface area contributed by atoms with Crippen molar-refractivity contribution in [2.24, 2.45) is 5.92 Å². The molecule has 4 heterocycles. The molecular formula is C24H34N2O4. The van der Waals surface area contributed by atoms with Crippen LogP contribution in [0.3, 0.4) is 0 Å². The van der Waals surface area contributed by atoms with Crippen LogP contribution in [0.4, 0.5) is 4.79 Å². The van der Waals surface area contributed by atoms with Gasteiger partial charge in [-0.15, -0.1) is 0 Å². The molecule has 1 atom stereocenters. The lowest BCUT2D eigenvalue weighted by atomic mass is 9.82. The van der Waals surface area contributed by atoms with E-state index in [-0.39, 0.29) is 5.60 Å². The third-order valence-electron chi connectivity index (χ3n) is 7.81. The third kappa shape index (κ3) is 4.10. The lowest BCUT2D eigenvalue weighted by Crippen LogP contribution is -2.63. The maximum Gasteiger partial charge on any atom is 0.407 e. The summed E-state index contributed by atoms with van der Waals surface area (Å²) in [6.07, 6.45) is 6.13. The van der Waals surface area contributed by atoms with E-state index in [1.54, 1.807) is 11.1 Å². The normalized spacial score (nSPS) is 28.0. The second-order valence-electron chi connectivity index (χ2n) is 9.76. The average Bonchev–Trinajstić information content (AvgIpc) is 3.20. The second kappa shape index (κ2) is 8.48. The van der Waals surface area contributed by atoms with E-state index in [0.717, 1.165) is 45.2 Å². The predicted octanol–water partition coefficient (Wildman–Crippen LogP) is 3.36. The summed E-state index contributed by atoms with van der Waals surface area (Å²) in [7, 11) is 0. The molecule has 4 aliphatic rings. The van der Waals surface area contributed by atoms with Crippen LogP contribution in [-0.2, 0) is 15.9 Å². The number of benzene rings is 1. The van der Waals surface area contributed by atoms with E-state index in [9.17, 15) is 4.79 Å². The summed E-state index contributed by atoms with van der Waals surface area (Å²) in [4.78, 5) is 15.1. The molecule has 30 heavy (non-hydrogen) atoms. The van der Waals surface area contributed by atoms with E-state index in [2.05, 4.69) is 29.2 Å². The van der Waals surface area contributed by atoms with Crippen LogP contribution in [0.1, 0.15) is 49.1 Å². The van der Waals surface area contributed by atoms with Gasteiger partial charge in [-0.3, -0.25) is 4.90 Å². The molecule has 0 bridgehead atoms. The summed E-state index contributed by atoms with van der Waals surface area (Å²) < 4.78 is 11.6. The molecule has 1 aromatic rings. The first-order chi connectivity index (χ1) is 14.6. The molecule has 1 spiro atoms. The minimum absolute atomic E-state index is 0.212. The van der Waals surface area contributed by atoms with E-state index in [4.69, 9.17) is 14.6 Å². The Morgan fingerprint density at radius 3 is 2.57 bits per heavy atom. The number of hydrogen-bond acceptors (Lipinski definition) is 4. The van der Waals surface area contributed by atoms with Crippen molar-refractivity contribution >= 4 is 6.09 Å². The summed E-state index contributed by atoms with van der Waals surface area (Å²) in [5.41, 5.74) is 2.91. The van der Waals surface area contributed by atoms with Crippen molar-refractivity contribution in [3.8, 4) is 0 Å². The number of carbonyl (C=O) groups is 1. The number of hydrogen-bond donors (Lipinski definition) is 1. The zero-order valence-electron chi connectivity index (χ0n) is 17.8. The molecule has 1 amide bonds. The SMILES string of the molecule is O=C(O)N1CC2(CC(N3CCC(c4ccccc4CC4CCOCC4)CC3)CO2)C1. The molecule has 4 aliphatic heterocycles. The van der Waals surface area contributed by atoms with Crippen LogP contribution in [0.2, 0.25) is 0 Å². The molecule has 164 valence electrons. The van der Waals surface area contributed by atoms with E-state index < -0.39 is 6.09 Å². The van der Waals surface area contributed by atoms with Crippen molar-refractivity contribution < 1.29 is 19.4 Å². The number of nitrogens with zero attached hydrogens (tertiary/aromatic N) is 2. The number of piperidine rings is 1. The van der Waals surface area contributed by atoms with Gasteiger partial charge in [-0.2, -0.15) is 0 Å². The van der Waals surface area contributed by atoms with Crippen LogP contribution < -0.4 is 0 Å². The van der Waals surface area contributed by atoms with E-state index in [1.807, 2.05) is 0 Å². The topological polar surface area (TPSA) is 62.2 Å². The van der Waals surface area contributed by atoms with Gasteiger partial charge in [-0.25, -0.2) is 4.79 Å². The van der Waals surface area contributed by atoms with Gasteiger partial charge >= 0.3 is 6.09 Å². The molecule has 1 unspecified atom stereocenters. The van der Waals surface area contributed by atoms with Crippen LogP contribution in [0.5, 0.6) is 0 Å². The van der Waals surface area contributed by atoms with E-state index in [1.165, 1.54) is 37.0 Å². The van der Waals surface area contributed by atoms with Gasteiger partial charge in [0.25, 0.3) is 0 Å². The minimum Gasteiger partial charge on any atom is -0.465 e. The average molecular weight is 415 g/mol. The molecule has 6 nitrogen and oxygen atoms in total. The Morgan fingerprint density at radius 1 is 1.10 bits per heavy atom. The summed E-state index contributed by atoms with van der Waals surface area (Å²) in [6.45, 7) is 5.88. The number of carboxylic acid groups (broad SMARTS) is 1. The van der Waals surface area contributed by atoms with Gasteiger partial charge in [-0.05, 0) is 74.6 Å². The zero-order valence-corrected chi connectivity index (χ0v) is 17.8. The number of amides is 1. The van der Waals surface area contributed by atoms with Crippen molar-refractivity contribution in [2.75, 3.05) is 46.0 Å². The molecule has 0 radical (unpaired) electrons. The second-order valence-corrected chi connectivity index (χ2v) is 9.76. The van der Waals surface area contributed by atoms with Crippen molar-refractivity contribution in [3.63, 3.8) is 0 Å². The molecule has 6 heteroatoms. The monoisotopic (exact) mass is 414 g/mol. The maximum atomic E-state index is 11.1. The molecule has 0 aliphatic carbocycles. The maximum absolute atomic E-state index is 11.1. The van der Waals surface area contributed by atoms with Crippen molar-refractivity contribution in [1.29, 1.82) is 0 Å². The van der Waals surface area contributed by atoms with Gasteiger partial charge in [0.1, 0.15) is 5.60 Å². The van der Waals surface area contributed by atoms with Gasteiger partial charge in [0.05, 0.1) is 19.7 Å². The van der Waals surface area contributed by atoms with Crippen molar-refractivity contribution in [3.05, 3.63) is 35.4 Å². The van der Waals surface area contributed by atoms with Gasteiger partial charge in [0.2, 0.25) is 0 Å². The number of ether oxygens (including phenoxy) is 2. The molecule has 5 rings (SSSR count). The highest BCUT2D eigenvalue weighted by Gasteiger charge is 2.52. The Hall–Kier alpha value is -1.63. The van der Waals surface area contributed by atoms with Crippen molar-refractivity contribution in [1.82, 2.24) is 9.80 Å². The van der Waals surface area contributed by atoms with E-state index >= 15 is 0 Å². The minimum atomic E-state index is -0.826. The highest BCUT2D eigenvalue weighted by Crippen LogP contribution is 2.39. The van der Waals surface area contributed by atoms with Crippen LogP contribution >= 0.6 is 0 Å². The third-order valence-corrected chi connectivity index (χ3v) is 7.81. The Balaban J connectivity index is 1.16. The lowest BCUT2D eigenvalue weighted by Gasteiger charge is -2.45. The summed E-state index contributed by atoms with van der Waals surface area (Å²) in [5.74, 6) is 1.42. The summed E-state index contributed by atoms with van der Waals surface area (Å²) >= 11 is 0. The fourth-order valence-electron chi connectivity index (χ4n) is 6.02. The Morgan fingerprint density at radius 2 is 1.83 bits per heavy atom. The molecule has 0 aromatic heterocycles. The first kappa shape index (κ1) is 20.3. The number of likely N-dealkylation sites (tertiary alicyclic amines) is 2. The molecule has 4 saturated heterocycles. The lowest BCUT2D eigenvalue weighted by molar-refractivity contribution is -0.0982. The predicted molar refractivity (Wildman–Crippen MR) is 114 cm³/mol. The smallest absolute Gasteiger partial charge is 0.407 e. The van der Waals surface area contributed by atoms with Crippen LogP contribution in [0.15, 0.2) is 24.3 Å². The molecular weight excluding hydrogens is 380 g/mol. The Bertz CT molecular complexity index is 749. The Kier molecular flexibility index (Phi) is 5.73. The zero-order chi connectivity index (χ0) is 20.6. The molecule has 1 aromatic carbocycles. The van der Waals surface area contributed by atoms with Gasteiger partial charge in [0, 0.05) is 19.3 Å². The van der Waals surface area contributed by atoms with Crippen molar-refractivity contribution in [2.45, 2.75) is 56.1 Å². The fourth-order valence-corrected chi connectivity index (χ4v) is 6.02. The molecule has 0 saturated carbocycles. The highest BCUT2D eigenvalue weighted by atomic mass is 16.5. The fraction of sp³-hybridized carbons (Fsp3) is 0.708. The van der Waals surface area contributed by atoms with Gasteiger partial charge in [0.15, 0.2) is 0 Å².